The molecule has 0 N–H and O–H groups in total. The van der Waals surface area contributed by atoms with Crippen LogP contribution in [0.15, 0.2) is 239 Å². The molecule has 69 heavy (non-hydrogen) atoms. The maximum Gasteiger partial charge on any atom is 0.160 e. The first kappa shape index (κ1) is 39.7. The number of para-hydroxylation sites is 4. The third kappa shape index (κ3) is 5.97. The average Bonchev–Trinajstić information content (AvgIpc) is 4.09. The topological polar surface area (TPSA) is 80.3 Å². The van der Waals surface area contributed by atoms with Crippen LogP contribution in [-0.2, 0) is 5.41 Å². The van der Waals surface area contributed by atoms with Crippen molar-refractivity contribution in [3.05, 3.63) is 264 Å². The molecule has 6 nitrogen and oxygen atoms in total. The Morgan fingerprint density at radius 3 is 1.26 bits per heavy atom. The Hall–Kier alpha value is -9.62. The minimum absolute atomic E-state index is 0.577. The zero-order valence-corrected chi connectivity index (χ0v) is 37.0. The molecule has 0 fully saturated rings. The second-order valence-electron chi connectivity index (χ2n) is 17.4. The van der Waals surface area contributed by atoms with E-state index in [1.165, 1.54) is 0 Å². The summed E-state index contributed by atoms with van der Waals surface area (Å²) >= 11 is 0. The smallest absolute Gasteiger partial charge is 0.160 e. The Bertz CT molecular complexity index is 3980. The van der Waals surface area contributed by atoms with E-state index in [1.54, 1.807) is 0 Å². The van der Waals surface area contributed by atoms with Gasteiger partial charge in [0.05, 0.1) is 45.4 Å². The first-order valence-corrected chi connectivity index (χ1v) is 23.0. The molecule has 0 atom stereocenters. The summed E-state index contributed by atoms with van der Waals surface area (Å²) in [4.78, 5) is 4.55. The molecule has 2 aromatic heterocycles. The van der Waals surface area contributed by atoms with Crippen LogP contribution in [0.1, 0.15) is 33.4 Å². The second kappa shape index (κ2) is 15.8. The largest absolute Gasteiger partial charge is 0.455 e. The fourth-order valence-electron chi connectivity index (χ4n) is 10.9. The molecule has 0 saturated heterocycles. The summed E-state index contributed by atoms with van der Waals surface area (Å²) in [5.41, 5.74) is 15.1. The van der Waals surface area contributed by atoms with Crippen LogP contribution in [0.3, 0.4) is 0 Å². The molecule has 0 aliphatic heterocycles. The van der Waals surface area contributed by atoms with E-state index in [1.807, 2.05) is 78.9 Å². The Labute approximate surface area is 398 Å². The van der Waals surface area contributed by atoms with E-state index in [0.717, 1.165) is 111 Å². The van der Waals surface area contributed by atoms with Gasteiger partial charge in [0.2, 0.25) is 0 Å². The second-order valence-corrected chi connectivity index (χ2v) is 17.4. The maximum absolute atomic E-state index is 9.93. The highest BCUT2D eigenvalue weighted by Crippen LogP contribution is 2.64. The van der Waals surface area contributed by atoms with Gasteiger partial charge in [-0.1, -0.05) is 133 Å². The van der Waals surface area contributed by atoms with Gasteiger partial charge in [0, 0.05) is 50.0 Å². The number of benzene rings is 10. The molecule has 322 valence electrons. The highest BCUT2D eigenvalue weighted by Gasteiger charge is 2.50. The van der Waals surface area contributed by atoms with Crippen molar-refractivity contribution < 1.29 is 8.83 Å². The van der Waals surface area contributed by atoms with Gasteiger partial charge in [-0.3, -0.25) is 0 Å². The van der Waals surface area contributed by atoms with Crippen molar-refractivity contribution in [2.75, 3.05) is 9.80 Å². The number of hydrogen-bond donors (Lipinski definition) is 0. The first-order chi connectivity index (χ1) is 34.1. The number of hydrogen-bond acceptors (Lipinski definition) is 6. The Morgan fingerprint density at radius 1 is 0.362 bits per heavy atom. The Kier molecular flexibility index (Phi) is 9.08. The van der Waals surface area contributed by atoms with Crippen molar-refractivity contribution >= 4 is 78.0 Å². The number of nitriles is 2. The third-order valence-corrected chi connectivity index (χ3v) is 13.7. The normalized spacial score (nSPS) is 12.4. The fraction of sp³-hybridized carbons (Fsp3) is 0.0159. The van der Waals surface area contributed by atoms with Crippen LogP contribution in [0.4, 0.5) is 34.1 Å². The minimum Gasteiger partial charge on any atom is -0.455 e. The lowest BCUT2D eigenvalue weighted by atomic mass is 9.67. The van der Waals surface area contributed by atoms with Gasteiger partial charge in [0.15, 0.2) is 5.58 Å². The predicted molar refractivity (Wildman–Crippen MR) is 277 cm³/mol. The van der Waals surface area contributed by atoms with E-state index in [2.05, 4.69) is 174 Å². The van der Waals surface area contributed by atoms with E-state index in [9.17, 15) is 10.5 Å². The van der Waals surface area contributed by atoms with Crippen molar-refractivity contribution in [3.8, 4) is 23.3 Å². The van der Waals surface area contributed by atoms with Gasteiger partial charge in [-0.05, 0) is 119 Å². The zero-order chi connectivity index (χ0) is 46.1. The van der Waals surface area contributed by atoms with Crippen LogP contribution < -0.4 is 9.80 Å². The van der Waals surface area contributed by atoms with E-state index in [0.29, 0.717) is 11.1 Å². The summed E-state index contributed by atoms with van der Waals surface area (Å²) in [6, 6.07) is 84.0. The molecule has 1 aliphatic rings. The van der Waals surface area contributed by atoms with Crippen LogP contribution >= 0.6 is 0 Å². The number of rotatable bonds is 8. The van der Waals surface area contributed by atoms with E-state index in [4.69, 9.17) is 8.83 Å². The lowest BCUT2D eigenvalue weighted by molar-refractivity contribution is 0.668. The molecule has 0 amide bonds. The maximum atomic E-state index is 9.93. The van der Waals surface area contributed by atoms with Crippen LogP contribution in [0.25, 0.3) is 55.0 Å². The number of nitrogens with zero attached hydrogens (tertiary/aromatic N) is 4. The molecule has 6 heteroatoms. The molecule has 1 aliphatic carbocycles. The average molecular weight is 883 g/mol. The summed E-state index contributed by atoms with van der Waals surface area (Å²) < 4.78 is 14.5. The summed E-state index contributed by atoms with van der Waals surface area (Å²) in [6.45, 7) is 0. The van der Waals surface area contributed by atoms with Crippen molar-refractivity contribution in [1.82, 2.24) is 0 Å². The Balaban J connectivity index is 1.26. The predicted octanol–water partition coefficient (Wildman–Crippen LogP) is 16.5. The highest BCUT2D eigenvalue weighted by atomic mass is 16.3. The van der Waals surface area contributed by atoms with E-state index >= 15 is 0 Å². The lowest BCUT2D eigenvalue weighted by Gasteiger charge is -2.36. The number of furan rings is 2. The SMILES string of the molecule is N#Cc1ccc(N(c2ccccc2)c2cc3c(c4c2oc2ccccc24)-c2c(cc(N(c4ccccc4)c4ccc(C#N)cc4)c4c2oc2ccccc24)C3(c2ccccc2)c2ccccc2)cc1. The van der Waals surface area contributed by atoms with Crippen LogP contribution in [0.2, 0.25) is 0 Å². The molecule has 0 saturated carbocycles. The summed E-state index contributed by atoms with van der Waals surface area (Å²) in [5.74, 6) is 0. The highest BCUT2D eigenvalue weighted by molar-refractivity contribution is 6.26. The molecule has 0 spiro atoms. The third-order valence-electron chi connectivity index (χ3n) is 13.7. The lowest BCUT2D eigenvalue weighted by Crippen LogP contribution is -2.29. The molecule has 13 rings (SSSR count). The van der Waals surface area contributed by atoms with Crippen molar-refractivity contribution in [3.63, 3.8) is 0 Å². The van der Waals surface area contributed by atoms with Crippen LogP contribution in [0, 0.1) is 22.7 Å². The standard InChI is InChI=1S/C63H38N4O2/c64-39-41-29-33-47(34-30-41)66(45-21-9-3-10-22-45)53-37-52-60(62-57(53)49-25-13-15-27-55(49)69-62)59-51(63(52,43-17-5-1-6-18-43)44-19-7-2-8-20-44)38-54(61-58(59)50-26-14-16-28-56(50)68-61)67(46-23-11-4-12-24-46)48-35-31-42(40-65)32-36-48/h1-38H. The van der Waals surface area contributed by atoms with Crippen molar-refractivity contribution in [2.45, 2.75) is 5.41 Å². The molecule has 0 unspecified atom stereocenters. The van der Waals surface area contributed by atoms with Crippen molar-refractivity contribution in [1.29, 1.82) is 10.5 Å². The monoisotopic (exact) mass is 882 g/mol. The Morgan fingerprint density at radius 2 is 0.754 bits per heavy atom. The fourth-order valence-corrected chi connectivity index (χ4v) is 10.9. The van der Waals surface area contributed by atoms with Crippen LogP contribution in [-0.4, -0.2) is 0 Å². The van der Waals surface area contributed by atoms with E-state index in [-0.39, 0.29) is 0 Å². The molecular formula is C63H38N4O2. The van der Waals surface area contributed by atoms with Gasteiger partial charge in [-0.25, -0.2) is 0 Å². The summed E-state index contributed by atoms with van der Waals surface area (Å²) in [5, 5.41) is 23.8. The molecule has 2 heterocycles. The zero-order valence-electron chi connectivity index (χ0n) is 37.0. The van der Waals surface area contributed by atoms with Gasteiger partial charge in [0.1, 0.15) is 16.7 Å². The molecule has 0 radical (unpaired) electrons. The number of anilines is 6. The summed E-state index contributed by atoms with van der Waals surface area (Å²) in [7, 11) is 0. The number of fused-ring (bicyclic) bond motifs is 11. The van der Waals surface area contributed by atoms with E-state index < -0.39 is 5.41 Å². The van der Waals surface area contributed by atoms with Gasteiger partial charge in [-0.15, -0.1) is 0 Å². The summed E-state index contributed by atoms with van der Waals surface area (Å²) in [6.07, 6.45) is 0. The molecular weight excluding hydrogens is 845 g/mol. The molecule has 10 aromatic carbocycles. The first-order valence-electron chi connectivity index (χ1n) is 23.0. The van der Waals surface area contributed by atoms with Gasteiger partial charge < -0.3 is 18.6 Å². The van der Waals surface area contributed by atoms with Gasteiger partial charge in [0.25, 0.3) is 0 Å². The van der Waals surface area contributed by atoms with Crippen molar-refractivity contribution in [2.24, 2.45) is 0 Å². The van der Waals surface area contributed by atoms with Gasteiger partial charge >= 0.3 is 0 Å². The van der Waals surface area contributed by atoms with Gasteiger partial charge in [-0.2, -0.15) is 10.5 Å². The van der Waals surface area contributed by atoms with Crippen LogP contribution in [0.5, 0.6) is 0 Å². The molecule has 0 bridgehead atoms. The molecule has 12 aromatic rings. The quantitative estimate of drug-likeness (QED) is 0.151. The minimum atomic E-state index is -0.920.